The first-order chi connectivity index (χ1) is 24.9. The Morgan fingerprint density at radius 3 is 2.39 bits per heavy atom. The maximum atomic E-state index is 5.17. The molecule has 4 atom stereocenters. The molecule has 3 unspecified atom stereocenters. The number of nitrogens with zero attached hydrogens (tertiary/aromatic N) is 3. The largest absolute Gasteiger partial charge is 0.330 e. The van der Waals surface area contributed by atoms with E-state index in [4.69, 9.17) is 9.98 Å². The molecule has 0 fully saturated rings. The maximum absolute atomic E-state index is 5.17. The fraction of sp³-hybridized carbons (Fsp3) is 0.146. The summed E-state index contributed by atoms with van der Waals surface area (Å²) in [5, 5.41) is 0. The molecule has 0 amide bonds. The first-order valence-electron chi connectivity index (χ1n) is 17.6. The summed E-state index contributed by atoms with van der Waals surface area (Å²) in [5.74, 6) is 7.32. The molecule has 3 heteroatoms. The summed E-state index contributed by atoms with van der Waals surface area (Å²) in [5.41, 5.74) is 15.8. The number of hydrogen-bond acceptors (Lipinski definition) is 3. The first-order valence-corrected chi connectivity index (χ1v) is 17.6. The lowest BCUT2D eigenvalue weighted by molar-refractivity contribution is 0.552. The van der Waals surface area contributed by atoms with Crippen molar-refractivity contribution in [3.8, 4) is 11.8 Å². The van der Waals surface area contributed by atoms with Gasteiger partial charge in [-0.15, -0.1) is 5.73 Å². The van der Waals surface area contributed by atoms with E-state index in [1.165, 1.54) is 16.8 Å². The molecule has 8 rings (SSSR count). The van der Waals surface area contributed by atoms with Crippen LogP contribution in [0.3, 0.4) is 0 Å². The number of rotatable bonds is 7. The third kappa shape index (κ3) is 5.91. The zero-order chi connectivity index (χ0) is 35.0. The molecule has 246 valence electrons. The van der Waals surface area contributed by atoms with Gasteiger partial charge < -0.3 is 4.90 Å². The van der Waals surface area contributed by atoms with Crippen LogP contribution >= 0.6 is 0 Å². The number of aliphatic imine (C=N–C) groups is 2. The Balaban J connectivity index is 1.10. The highest BCUT2D eigenvalue weighted by Crippen LogP contribution is 2.53. The van der Waals surface area contributed by atoms with Crippen molar-refractivity contribution in [2.24, 2.45) is 15.9 Å². The van der Waals surface area contributed by atoms with Crippen LogP contribution in [0.15, 0.2) is 174 Å². The van der Waals surface area contributed by atoms with Crippen LogP contribution in [0.1, 0.15) is 54.5 Å². The SMILES string of the molecule is C=C=C(N=C(/C=C(\C)c1ccc(N2c3ccccc3C3C#CC(C)=CC32C)cc1)c1ccccc1)c1ccc(C2=CC=CC3C=CC=N[C@H]23)cc1. The Kier molecular flexibility index (Phi) is 8.33. The first kappa shape index (κ1) is 32.0. The maximum Gasteiger partial charge on any atom is 0.112 e. The van der Waals surface area contributed by atoms with Crippen molar-refractivity contribution in [2.45, 2.75) is 38.3 Å². The van der Waals surface area contributed by atoms with E-state index in [-0.39, 0.29) is 17.5 Å². The van der Waals surface area contributed by atoms with Gasteiger partial charge in [-0.3, -0.25) is 4.99 Å². The fourth-order valence-electron chi connectivity index (χ4n) is 7.82. The molecular formula is C48H39N3. The summed E-state index contributed by atoms with van der Waals surface area (Å²) in [6.07, 6.45) is 17.2. The van der Waals surface area contributed by atoms with Gasteiger partial charge in [0.1, 0.15) is 5.70 Å². The molecule has 51 heavy (non-hydrogen) atoms. The van der Waals surface area contributed by atoms with Crippen LogP contribution in [0.5, 0.6) is 0 Å². The molecule has 0 saturated carbocycles. The molecular weight excluding hydrogens is 619 g/mol. The van der Waals surface area contributed by atoms with Crippen LogP contribution in [-0.4, -0.2) is 23.5 Å². The van der Waals surface area contributed by atoms with Gasteiger partial charge in [0.05, 0.1) is 23.2 Å². The Morgan fingerprint density at radius 1 is 0.882 bits per heavy atom. The summed E-state index contributed by atoms with van der Waals surface area (Å²) in [6.45, 7) is 10.6. The van der Waals surface area contributed by atoms with Crippen LogP contribution in [0.4, 0.5) is 11.4 Å². The zero-order valence-corrected chi connectivity index (χ0v) is 29.2. The summed E-state index contributed by atoms with van der Waals surface area (Å²) in [6, 6.07) is 36.5. The van der Waals surface area contributed by atoms with Crippen molar-refractivity contribution in [1.82, 2.24) is 0 Å². The molecule has 4 aromatic rings. The van der Waals surface area contributed by atoms with E-state index in [2.05, 4.69) is 171 Å². The lowest BCUT2D eigenvalue weighted by Gasteiger charge is -2.38. The average molecular weight is 658 g/mol. The number of fused-ring (bicyclic) bond motifs is 4. The molecule has 0 spiro atoms. The lowest BCUT2D eigenvalue weighted by Crippen LogP contribution is -2.42. The van der Waals surface area contributed by atoms with Gasteiger partial charge in [-0.1, -0.05) is 128 Å². The number of para-hydroxylation sites is 1. The highest BCUT2D eigenvalue weighted by molar-refractivity contribution is 6.14. The predicted molar refractivity (Wildman–Crippen MR) is 215 cm³/mol. The smallest absolute Gasteiger partial charge is 0.112 e. The Bertz CT molecular complexity index is 2340. The van der Waals surface area contributed by atoms with E-state index in [1.807, 2.05) is 30.5 Å². The van der Waals surface area contributed by atoms with E-state index in [9.17, 15) is 0 Å². The summed E-state index contributed by atoms with van der Waals surface area (Å²) < 4.78 is 0. The topological polar surface area (TPSA) is 28.0 Å². The monoisotopic (exact) mass is 657 g/mol. The van der Waals surface area contributed by atoms with Crippen molar-refractivity contribution in [3.05, 3.63) is 191 Å². The second-order valence-electron chi connectivity index (χ2n) is 13.7. The number of anilines is 2. The van der Waals surface area contributed by atoms with E-state index < -0.39 is 0 Å². The van der Waals surface area contributed by atoms with E-state index in [0.29, 0.717) is 11.6 Å². The van der Waals surface area contributed by atoms with E-state index in [0.717, 1.165) is 44.8 Å². The summed E-state index contributed by atoms with van der Waals surface area (Å²) in [4.78, 5) is 12.4. The van der Waals surface area contributed by atoms with Gasteiger partial charge >= 0.3 is 0 Å². The van der Waals surface area contributed by atoms with Crippen LogP contribution < -0.4 is 4.90 Å². The van der Waals surface area contributed by atoms with Crippen molar-refractivity contribution >= 4 is 40.1 Å². The second kappa shape index (κ2) is 13.3. The van der Waals surface area contributed by atoms with Crippen LogP contribution in [0, 0.1) is 17.8 Å². The lowest BCUT2D eigenvalue weighted by atomic mass is 9.80. The van der Waals surface area contributed by atoms with Gasteiger partial charge in [0.2, 0.25) is 0 Å². The van der Waals surface area contributed by atoms with Crippen molar-refractivity contribution in [2.75, 3.05) is 4.90 Å². The van der Waals surface area contributed by atoms with Crippen LogP contribution in [0.2, 0.25) is 0 Å². The minimum absolute atomic E-state index is 0.110. The molecule has 0 bridgehead atoms. The molecule has 0 aromatic heterocycles. The molecule has 0 N–H and O–H groups in total. The van der Waals surface area contributed by atoms with Crippen molar-refractivity contribution < 1.29 is 0 Å². The van der Waals surface area contributed by atoms with Crippen molar-refractivity contribution in [3.63, 3.8) is 0 Å². The van der Waals surface area contributed by atoms with Crippen LogP contribution in [-0.2, 0) is 0 Å². The second-order valence-corrected chi connectivity index (χ2v) is 13.7. The Morgan fingerprint density at radius 2 is 1.61 bits per heavy atom. The van der Waals surface area contributed by atoms with Crippen LogP contribution in [0.25, 0.3) is 16.8 Å². The zero-order valence-electron chi connectivity index (χ0n) is 29.2. The molecule has 0 saturated heterocycles. The normalized spacial score (nSPS) is 22.9. The van der Waals surface area contributed by atoms with Crippen molar-refractivity contribution in [1.29, 1.82) is 0 Å². The summed E-state index contributed by atoms with van der Waals surface area (Å²) in [7, 11) is 0. The van der Waals surface area contributed by atoms with Gasteiger partial charge in [0, 0.05) is 34.6 Å². The minimum atomic E-state index is -0.252. The number of hydrogen-bond donors (Lipinski definition) is 0. The molecule has 0 radical (unpaired) electrons. The van der Waals surface area contributed by atoms with Gasteiger partial charge in [0.15, 0.2) is 0 Å². The third-order valence-electron chi connectivity index (χ3n) is 10.3. The molecule has 2 aliphatic heterocycles. The third-order valence-corrected chi connectivity index (χ3v) is 10.3. The minimum Gasteiger partial charge on any atom is -0.330 e. The number of dihydropyridines is 1. The standard InChI is InChI=1S/C48H39N3/c1-5-44(38-23-21-36(22-24-38)41-18-11-15-39-16-12-30-49-47(39)41)50-45(37-13-7-6-8-14-37)31-34(3)35-25-27-40(28-26-35)51-46-19-10-9-17-42(46)43-29-20-33(2)32-48(43,51)4/h6-19,21-28,30-32,39,43,47H,1H2,2-4H3/b34-31+,50-45?/t39?,43?,47-,48?/m0/s1. The van der Waals surface area contributed by atoms with Gasteiger partial charge in [-0.2, -0.15) is 0 Å². The Labute approximate surface area is 301 Å². The van der Waals surface area contributed by atoms with Gasteiger partial charge in [-0.05, 0) is 90.6 Å². The molecule has 4 aliphatic rings. The highest BCUT2D eigenvalue weighted by Gasteiger charge is 2.47. The highest BCUT2D eigenvalue weighted by atomic mass is 15.2. The summed E-state index contributed by atoms with van der Waals surface area (Å²) >= 11 is 0. The fourth-order valence-corrected chi connectivity index (χ4v) is 7.82. The number of benzene rings is 4. The van der Waals surface area contributed by atoms with Gasteiger partial charge in [0.25, 0.3) is 0 Å². The Hall–Kier alpha value is -6.20. The van der Waals surface area contributed by atoms with Gasteiger partial charge in [-0.25, -0.2) is 4.99 Å². The molecule has 2 heterocycles. The molecule has 2 aliphatic carbocycles. The average Bonchev–Trinajstić information content (AvgIpc) is 3.43. The van der Waals surface area contributed by atoms with E-state index in [1.54, 1.807) is 0 Å². The quantitative estimate of drug-likeness (QED) is 0.110. The molecule has 3 nitrogen and oxygen atoms in total. The van der Waals surface area contributed by atoms with E-state index >= 15 is 0 Å². The molecule has 4 aromatic carbocycles. The predicted octanol–water partition coefficient (Wildman–Crippen LogP) is 10.9. The number of allylic oxidation sites excluding steroid dienone is 6.